The first kappa shape index (κ1) is 22.9. The molecule has 4 bridgehead atoms. The number of aromatic carboxylic acids is 1. The van der Waals surface area contributed by atoms with Crippen LogP contribution in [-0.4, -0.2) is 23.1 Å². The van der Waals surface area contributed by atoms with Gasteiger partial charge in [0.2, 0.25) is 0 Å². The molecule has 0 aromatic heterocycles. The second kappa shape index (κ2) is 9.44. The Morgan fingerprint density at radius 2 is 1.59 bits per heavy atom. The number of benzene rings is 2. The van der Waals surface area contributed by atoms with E-state index in [4.69, 9.17) is 4.99 Å². The average molecular weight is 460 g/mol. The summed E-state index contributed by atoms with van der Waals surface area (Å²) < 4.78 is 0. The third-order valence-corrected chi connectivity index (χ3v) is 8.22. The van der Waals surface area contributed by atoms with Gasteiger partial charge in [-0.2, -0.15) is 0 Å². The lowest BCUT2D eigenvalue weighted by atomic mass is 9.48. The topological polar surface area (TPSA) is 73.7 Å². The average Bonchev–Trinajstić information content (AvgIpc) is 2.77. The summed E-state index contributed by atoms with van der Waals surface area (Å²) in [5.41, 5.74) is 4.04. The van der Waals surface area contributed by atoms with Gasteiger partial charge in [-0.15, -0.1) is 0 Å². The lowest BCUT2D eigenvalue weighted by Crippen LogP contribution is -2.49. The molecule has 4 fully saturated rings. The van der Waals surface area contributed by atoms with E-state index in [1.54, 1.807) is 24.3 Å². The van der Waals surface area contributed by atoms with Gasteiger partial charge in [0.25, 0.3) is 0 Å². The molecule has 4 aliphatic carbocycles. The SMILES string of the molecule is Cc1ccc(CN=C(Nc2ccc(C(=O)O)cc2)N[C@H](C)CC23CC4CC(CC(C4)C2)C3)cc1. The van der Waals surface area contributed by atoms with E-state index in [0.29, 0.717) is 18.0 Å². The zero-order valence-corrected chi connectivity index (χ0v) is 20.4. The second-order valence-corrected chi connectivity index (χ2v) is 11.3. The van der Waals surface area contributed by atoms with Crippen LogP contribution in [0.5, 0.6) is 0 Å². The number of hydrogen-bond acceptors (Lipinski definition) is 2. The molecule has 4 aliphatic rings. The number of aliphatic imine (C=N–C) groups is 1. The van der Waals surface area contributed by atoms with Crippen LogP contribution in [0.2, 0.25) is 0 Å². The quantitative estimate of drug-likeness (QED) is 0.338. The number of rotatable bonds is 7. The maximum Gasteiger partial charge on any atom is 0.335 e. The molecular weight excluding hydrogens is 422 g/mol. The Balaban J connectivity index is 1.29. The minimum absolute atomic E-state index is 0.284. The molecule has 3 N–H and O–H groups in total. The summed E-state index contributed by atoms with van der Waals surface area (Å²) in [4.78, 5) is 16.1. The van der Waals surface area contributed by atoms with Crippen molar-refractivity contribution in [2.45, 2.75) is 71.4 Å². The summed E-state index contributed by atoms with van der Waals surface area (Å²) in [6.07, 6.45) is 9.83. The van der Waals surface area contributed by atoms with E-state index >= 15 is 0 Å². The lowest BCUT2D eigenvalue weighted by molar-refractivity contribution is -0.0603. The molecule has 0 aliphatic heterocycles. The molecule has 5 heteroatoms. The van der Waals surface area contributed by atoms with Gasteiger partial charge in [0, 0.05) is 11.7 Å². The molecule has 4 saturated carbocycles. The highest BCUT2D eigenvalue weighted by Gasteiger charge is 2.51. The molecule has 0 radical (unpaired) electrons. The molecule has 0 spiro atoms. The highest BCUT2D eigenvalue weighted by atomic mass is 16.4. The molecule has 0 heterocycles. The van der Waals surface area contributed by atoms with Crippen LogP contribution >= 0.6 is 0 Å². The van der Waals surface area contributed by atoms with Crippen LogP contribution in [0.3, 0.4) is 0 Å². The monoisotopic (exact) mass is 459 g/mol. The van der Waals surface area contributed by atoms with E-state index in [1.165, 1.54) is 56.1 Å². The summed E-state index contributed by atoms with van der Waals surface area (Å²) in [5.74, 6) is 2.71. The van der Waals surface area contributed by atoms with Crippen molar-refractivity contribution < 1.29 is 9.90 Å². The van der Waals surface area contributed by atoms with Gasteiger partial charge >= 0.3 is 5.97 Å². The van der Waals surface area contributed by atoms with Crippen LogP contribution in [-0.2, 0) is 6.54 Å². The first-order valence-electron chi connectivity index (χ1n) is 12.8. The molecule has 0 amide bonds. The molecule has 0 saturated heterocycles. The number of guanidine groups is 1. The number of anilines is 1. The Morgan fingerprint density at radius 3 is 2.15 bits per heavy atom. The van der Waals surface area contributed by atoms with Crippen LogP contribution in [0.15, 0.2) is 53.5 Å². The summed E-state index contributed by atoms with van der Waals surface area (Å²) in [6.45, 7) is 4.97. The van der Waals surface area contributed by atoms with E-state index in [1.807, 2.05) is 0 Å². The predicted molar refractivity (Wildman–Crippen MR) is 137 cm³/mol. The van der Waals surface area contributed by atoms with Gasteiger partial charge in [0.1, 0.15) is 0 Å². The van der Waals surface area contributed by atoms with Crippen molar-refractivity contribution in [1.82, 2.24) is 5.32 Å². The Hall–Kier alpha value is -2.82. The van der Waals surface area contributed by atoms with Crippen LogP contribution in [0, 0.1) is 30.1 Å². The fraction of sp³-hybridized carbons (Fsp3) is 0.517. The van der Waals surface area contributed by atoms with Crippen molar-refractivity contribution in [3.05, 3.63) is 65.2 Å². The van der Waals surface area contributed by atoms with Crippen molar-refractivity contribution in [2.75, 3.05) is 5.32 Å². The maximum absolute atomic E-state index is 11.2. The van der Waals surface area contributed by atoms with Crippen molar-refractivity contribution in [3.8, 4) is 0 Å². The van der Waals surface area contributed by atoms with Crippen molar-refractivity contribution >= 4 is 17.6 Å². The van der Waals surface area contributed by atoms with Gasteiger partial charge in [-0.1, -0.05) is 29.8 Å². The minimum atomic E-state index is -0.915. The Bertz CT molecular complexity index is 1010. The van der Waals surface area contributed by atoms with Crippen molar-refractivity contribution in [2.24, 2.45) is 28.2 Å². The van der Waals surface area contributed by atoms with Crippen LogP contribution in [0.1, 0.15) is 73.4 Å². The molecular formula is C29H37N3O2. The molecule has 1 atom stereocenters. The number of carbonyl (C=O) groups is 1. The van der Waals surface area contributed by atoms with Crippen LogP contribution in [0.4, 0.5) is 5.69 Å². The zero-order chi connectivity index (χ0) is 23.7. The van der Waals surface area contributed by atoms with E-state index in [0.717, 1.165) is 29.4 Å². The number of carboxylic acid groups (broad SMARTS) is 1. The molecule has 180 valence electrons. The molecule has 0 unspecified atom stereocenters. The Kier molecular flexibility index (Phi) is 6.37. The largest absolute Gasteiger partial charge is 0.478 e. The predicted octanol–water partition coefficient (Wildman–Crippen LogP) is 6.25. The van der Waals surface area contributed by atoms with E-state index in [9.17, 15) is 9.90 Å². The van der Waals surface area contributed by atoms with Crippen LogP contribution in [0.25, 0.3) is 0 Å². The summed E-state index contributed by atoms with van der Waals surface area (Å²) in [5, 5.41) is 16.3. The third kappa shape index (κ3) is 5.29. The lowest BCUT2D eigenvalue weighted by Gasteiger charge is -2.57. The fourth-order valence-electron chi connectivity index (χ4n) is 7.29. The second-order valence-electron chi connectivity index (χ2n) is 11.3. The van der Waals surface area contributed by atoms with Crippen molar-refractivity contribution in [1.29, 1.82) is 0 Å². The number of aryl methyl sites for hydroxylation is 1. The van der Waals surface area contributed by atoms with Gasteiger partial charge in [0.05, 0.1) is 12.1 Å². The number of hydrogen-bond donors (Lipinski definition) is 3. The van der Waals surface area contributed by atoms with Gasteiger partial charge in [-0.05, 0) is 112 Å². The number of carboxylic acids is 1. The normalized spacial score (nSPS) is 28.5. The smallest absolute Gasteiger partial charge is 0.335 e. The van der Waals surface area contributed by atoms with Crippen molar-refractivity contribution in [3.63, 3.8) is 0 Å². The first-order valence-corrected chi connectivity index (χ1v) is 12.8. The Labute approximate surface area is 203 Å². The van der Waals surface area contributed by atoms with Gasteiger partial charge in [-0.25, -0.2) is 9.79 Å². The highest BCUT2D eigenvalue weighted by Crippen LogP contribution is 2.61. The minimum Gasteiger partial charge on any atom is -0.478 e. The molecule has 2 aromatic carbocycles. The standard InChI is InChI=1S/C29H37N3O2/c1-19-3-5-21(6-4-19)18-30-28(32-26-9-7-25(8-10-26)27(33)34)31-20(2)14-29-15-22-11-23(16-29)13-24(12-22)17-29/h3-10,20,22-24H,11-18H2,1-2H3,(H,33,34)(H2,30,31,32)/t20-,22?,23?,24?,29?/m1/s1. The maximum atomic E-state index is 11.2. The van der Waals surface area contributed by atoms with E-state index in [2.05, 4.69) is 48.7 Å². The van der Waals surface area contributed by atoms with Gasteiger partial charge < -0.3 is 15.7 Å². The molecule has 6 rings (SSSR count). The molecule has 34 heavy (non-hydrogen) atoms. The molecule has 5 nitrogen and oxygen atoms in total. The summed E-state index contributed by atoms with van der Waals surface area (Å²) in [7, 11) is 0. The van der Waals surface area contributed by atoms with Gasteiger partial charge in [0.15, 0.2) is 5.96 Å². The van der Waals surface area contributed by atoms with Crippen LogP contribution < -0.4 is 10.6 Å². The molecule has 2 aromatic rings. The summed E-state index contributed by atoms with van der Waals surface area (Å²) >= 11 is 0. The van der Waals surface area contributed by atoms with E-state index < -0.39 is 5.97 Å². The fourth-order valence-corrected chi connectivity index (χ4v) is 7.29. The Morgan fingerprint density at radius 1 is 1.00 bits per heavy atom. The zero-order valence-electron chi connectivity index (χ0n) is 20.4. The third-order valence-electron chi connectivity index (χ3n) is 8.22. The van der Waals surface area contributed by atoms with Gasteiger partial charge in [-0.3, -0.25) is 0 Å². The number of nitrogens with one attached hydrogen (secondary N) is 2. The van der Waals surface area contributed by atoms with E-state index in [-0.39, 0.29) is 5.56 Å². The summed E-state index contributed by atoms with van der Waals surface area (Å²) in [6, 6.07) is 15.7. The number of nitrogens with zero attached hydrogens (tertiary/aromatic N) is 1. The highest BCUT2D eigenvalue weighted by molar-refractivity contribution is 5.94. The first-order chi connectivity index (χ1) is 16.4.